The van der Waals surface area contributed by atoms with Gasteiger partial charge in [0.25, 0.3) is 5.56 Å². The Balaban J connectivity index is 2.71. The van der Waals surface area contributed by atoms with E-state index in [1.165, 1.54) is 4.68 Å². The fourth-order valence-corrected chi connectivity index (χ4v) is 1.84. The molecule has 0 aliphatic carbocycles. The molecule has 0 aliphatic heterocycles. The maximum absolute atomic E-state index is 12.0. The van der Waals surface area contributed by atoms with Crippen LogP contribution in [0.1, 0.15) is 6.92 Å². The minimum atomic E-state index is -0.0651. The lowest BCUT2D eigenvalue weighted by molar-refractivity contribution is 0.206. The van der Waals surface area contributed by atoms with Gasteiger partial charge in [0, 0.05) is 33.3 Å². The van der Waals surface area contributed by atoms with Crippen LogP contribution in [0, 0.1) is 5.92 Å². The molecule has 0 radical (unpaired) electrons. The van der Waals surface area contributed by atoms with E-state index in [1.54, 1.807) is 19.4 Å². The first-order valence-corrected chi connectivity index (χ1v) is 6.50. The second kappa shape index (κ2) is 7.91. The van der Waals surface area contributed by atoms with Gasteiger partial charge in [-0.2, -0.15) is 5.10 Å². The average molecular weight is 268 g/mol. The van der Waals surface area contributed by atoms with Gasteiger partial charge in [-0.1, -0.05) is 6.92 Å². The van der Waals surface area contributed by atoms with Crippen molar-refractivity contribution >= 4 is 5.69 Å². The van der Waals surface area contributed by atoms with Gasteiger partial charge in [-0.3, -0.25) is 4.79 Å². The highest BCUT2D eigenvalue weighted by Crippen LogP contribution is 2.06. The molecule has 0 aliphatic rings. The lowest BCUT2D eigenvalue weighted by atomic mass is 10.2. The quantitative estimate of drug-likeness (QED) is 0.729. The van der Waals surface area contributed by atoms with Gasteiger partial charge in [0.2, 0.25) is 0 Å². The molecule has 0 amide bonds. The van der Waals surface area contributed by atoms with E-state index >= 15 is 0 Å². The summed E-state index contributed by atoms with van der Waals surface area (Å²) in [6.45, 7) is 4.94. The van der Waals surface area contributed by atoms with Gasteiger partial charge in [-0.05, 0) is 19.5 Å². The Kier molecular flexibility index (Phi) is 6.52. The molecule has 1 unspecified atom stereocenters. The van der Waals surface area contributed by atoms with Crippen LogP contribution < -0.4 is 15.8 Å². The van der Waals surface area contributed by atoms with Crippen LogP contribution in [0.15, 0.2) is 17.1 Å². The van der Waals surface area contributed by atoms with Gasteiger partial charge in [0.1, 0.15) is 0 Å². The standard InChI is InChI=1S/C13H24N4O2/c1-11(8-14-2)10-17-13(18)7-12(9-15-17)16(3)5-6-19-4/h7,9,11,14H,5-6,8,10H2,1-4H3. The van der Waals surface area contributed by atoms with Crippen molar-refractivity contribution in [3.8, 4) is 0 Å². The van der Waals surface area contributed by atoms with Crippen molar-refractivity contribution in [2.24, 2.45) is 5.92 Å². The smallest absolute Gasteiger partial charge is 0.268 e. The number of hydrogen-bond acceptors (Lipinski definition) is 5. The summed E-state index contributed by atoms with van der Waals surface area (Å²) in [6, 6.07) is 1.62. The maximum atomic E-state index is 12.0. The molecular weight excluding hydrogens is 244 g/mol. The van der Waals surface area contributed by atoms with E-state index in [1.807, 2.05) is 19.0 Å². The summed E-state index contributed by atoms with van der Waals surface area (Å²) in [5.74, 6) is 0.368. The third-order valence-electron chi connectivity index (χ3n) is 2.96. The maximum Gasteiger partial charge on any atom is 0.268 e. The van der Waals surface area contributed by atoms with Gasteiger partial charge in [0.15, 0.2) is 0 Å². The molecule has 1 rings (SSSR count). The Labute approximate surface area is 114 Å². The van der Waals surface area contributed by atoms with E-state index in [0.717, 1.165) is 18.8 Å². The van der Waals surface area contributed by atoms with Gasteiger partial charge < -0.3 is 15.0 Å². The number of nitrogens with one attached hydrogen (secondary N) is 1. The van der Waals surface area contributed by atoms with E-state index in [4.69, 9.17) is 4.74 Å². The molecular formula is C13H24N4O2. The fraction of sp³-hybridized carbons (Fsp3) is 0.692. The first-order valence-electron chi connectivity index (χ1n) is 6.50. The zero-order chi connectivity index (χ0) is 14.3. The number of hydrogen-bond donors (Lipinski definition) is 1. The Hall–Kier alpha value is -1.40. The van der Waals surface area contributed by atoms with E-state index in [2.05, 4.69) is 17.3 Å². The number of ether oxygens (including phenoxy) is 1. The lowest BCUT2D eigenvalue weighted by Crippen LogP contribution is -2.30. The third-order valence-corrected chi connectivity index (χ3v) is 2.96. The summed E-state index contributed by atoms with van der Waals surface area (Å²) < 4.78 is 6.52. The molecule has 1 aromatic rings. The third kappa shape index (κ3) is 5.00. The normalized spacial score (nSPS) is 12.4. The Morgan fingerprint density at radius 1 is 1.58 bits per heavy atom. The molecule has 19 heavy (non-hydrogen) atoms. The number of methoxy groups -OCH3 is 1. The van der Waals surface area contributed by atoms with E-state index in [0.29, 0.717) is 19.1 Å². The lowest BCUT2D eigenvalue weighted by Gasteiger charge is -2.19. The molecule has 0 saturated carbocycles. The van der Waals surface area contributed by atoms with Crippen molar-refractivity contribution in [3.63, 3.8) is 0 Å². The highest BCUT2D eigenvalue weighted by atomic mass is 16.5. The van der Waals surface area contributed by atoms with Crippen LogP contribution >= 0.6 is 0 Å². The monoisotopic (exact) mass is 268 g/mol. The minimum absolute atomic E-state index is 0.0651. The minimum Gasteiger partial charge on any atom is -0.383 e. The van der Waals surface area contributed by atoms with Crippen molar-refractivity contribution in [2.75, 3.05) is 45.8 Å². The van der Waals surface area contributed by atoms with E-state index < -0.39 is 0 Å². The number of rotatable bonds is 8. The summed E-state index contributed by atoms with van der Waals surface area (Å²) in [4.78, 5) is 13.9. The van der Waals surface area contributed by atoms with Crippen LogP contribution in [0.2, 0.25) is 0 Å². The van der Waals surface area contributed by atoms with Crippen LogP contribution in [0.4, 0.5) is 5.69 Å². The first kappa shape index (κ1) is 15.7. The molecule has 0 bridgehead atoms. The predicted molar refractivity (Wildman–Crippen MR) is 76.7 cm³/mol. The Morgan fingerprint density at radius 2 is 2.32 bits per heavy atom. The molecule has 1 heterocycles. The molecule has 6 heteroatoms. The van der Waals surface area contributed by atoms with Crippen LogP contribution in [-0.2, 0) is 11.3 Å². The second-order valence-electron chi connectivity index (χ2n) is 4.81. The highest BCUT2D eigenvalue weighted by molar-refractivity contribution is 5.41. The predicted octanol–water partition coefficient (Wildman–Crippen LogP) is 0.181. The molecule has 1 N–H and O–H groups in total. The molecule has 0 aromatic carbocycles. The summed E-state index contributed by atoms with van der Waals surface area (Å²) in [6.07, 6.45) is 1.73. The zero-order valence-corrected chi connectivity index (χ0v) is 12.2. The summed E-state index contributed by atoms with van der Waals surface area (Å²) in [5, 5.41) is 7.32. The van der Waals surface area contributed by atoms with E-state index in [9.17, 15) is 4.79 Å². The number of nitrogens with zero attached hydrogens (tertiary/aromatic N) is 3. The van der Waals surface area contributed by atoms with Crippen LogP contribution in [0.3, 0.4) is 0 Å². The summed E-state index contributed by atoms with van der Waals surface area (Å²) in [7, 11) is 5.48. The first-order chi connectivity index (χ1) is 9.08. The molecule has 108 valence electrons. The number of anilines is 1. The van der Waals surface area contributed by atoms with Crippen LogP contribution in [0.25, 0.3) is 0 Å². The van der Waals surface area contributed by atoms with Gasteiger partial charge >= 0.3 is 0 Å². The molecule has 6 nitrogen and oxygen atoms in total. The topological polar surface area (TPSA) is 59.4 Å². The van der Waals surface area contributed by atoms with Crippen molar-refractivity contribution in [1.82, 2.24) is 15.1 Å². The summed E-state index contributed by atoms with van der Waals surface area (Å²) in [5.41, 5.74) is 0.754. The number of likely N-dealkylation sites (N-methyl/N-ethyl adjacent to an activating group) is 1. The van der Waals surface area contributed by atoms with Crippen molar-refractivity contribution in [2.45, 2.75) is 13.5 Å². The van der Waals surface area contributed by atoms with Crippen molar-refractivity contribution in [3.05, 3.63) is 22.6 Å². The SMILES string of the molecule is CNCC(C)Cn1ncc(N(C)CCOC)cc1=O. The zero-order valence-electron chi connectivity index (χ0n) is 12.2. The van der Waals surface area contributed by atoms with Crippen LogP contribution in [0.5, 0.6) is 0 Å². The molecule has 0 spiro atoms. The van der Waals surface area contributed by atoms with Gasteiger partial charge in [-0.15, -0.1) is 0 Å². The molecule has 0 saturated heterocycles. The largest absolute Gasteiger partial charge is 0.383 e. The van der Waals surface area contributed by atoms with E-state index in [-0.39, 0.29) is 5.56 Å². The van der Waals surface area contributed by atoms with Crippen molar-refractivity contribution < 1.29 is 4.74 Å². The average Bonchev–Trinajstić information content (AvgIpc) is 2.38. The Morgan fingerprint density at radius 3 is 2.89 bits per heavy atom. The summed E-state index contributed by atoms with van der Waals surface area (Å²) >= 11 is 0. The van der Waals surface area contributed by atoms with Crippen LogP contribution in [-0.4, -0.2) is 50.7 Å². The molecule has 0 fully saturated rings. The van der Waals surface area contributed by atoms with Gasteiger partial charge in [0.05, 0.1) is 18.5 Å². The number of aromatic nitrogens is 2. The van der Waals surface area contributed by atoms with Crippen molar-refractivity contribution in [1.29, 1.82) is 0 Å². The molecule has 1 aromatic heterocycles. The Bertz CT molecular complexity index is 433. The molecule has 1 atom stereocenters. The fourth-order valence-electron chi connectivity index (χ4n) is 1.84. The second-order valence-corrected chi connectivity index (χ2v) is 4.81. The van der Waals surface area contributed by atoms with Gasteiger partial charge in [-0.25, -0.2) is 4.68 Å². The highest BCUT2D eigenvalue weighted by Gasteiger charge is 2.07.